The highest BCUT2D eigenvalue weighted by molar-refractivity contribution is 4.72. The third-order valence-electron chi connectivity index (χ3n) is 4.91. The summed E-state index contributed by atoms with van der Waals surface area (Å²) in [7, 11) is 2.18. The fraction of sp³-hybridized carbons (Fsp3) is 1.00. The van der Waals surface area contributed by atoms with Crippen LogP contribution < -0.4 is 5.32 Å². The summed E-state index contributed by atoms with van der Waals surface area (Å²) < 4.78 is 0. The van der Waals surface area contributed by atoms with E-state index in [9.17, 15) is 0 Å². The molecule has 1 heterocycles. The Balaban J connectivity index is 2.05. The molecule has 0 bridgehead atoms. The van der Waals surface area contributed by atoms with Gasteiger partial charge < -0.3 is 20.0 Å². The van der Waals surface area contributed by atoms with Crippen molar-refractivity contribution in [2.75, 3.05) is 92.1 Å². The number of hydrogen-bond donors (Lipinski definition) is 1. The highest BCUT2D eigenvalue weighted by Gasteiger charge is 2.15. The van der Waals surface area contributed by atoms with Crippen molar-refractivity contribution in [3.05, 3.63) is 0 Å². The van der Waals surface area contributed by atoms with Gasteiger partial charge in [-0.05, 0) is 26.7 Å². The van der Waals surface area contributed by atoms with E-state index in [2.05, 4.69) is 52.7 Å². The van der Waals surface area contributed by atoms with E-state index in [4.69, 9.17) is 0 Å². The second-order valence-electron chi connectivity index (χ2n) is 6.36. The Labute approximate surface area is 138 Å². The lowest BCUT2D eigenvalue weighted by atomic mass is 10.3. The zero-order valence-corrected chi connectivity index (χ0v) is 15.5. The minimum Gasteiger partial charge on any atom is -0.314 e. The molecule has 1 rings (SSSR count). The van der Waals surface area contributed by atoms with Crippen molar-refractivity contribution in [2.45, 2.75) is 20.8 Å². The summed E-state index contributed by atoms with van der Waals surface area (Å²) in [6.45, 7) is 22.2. The summed E-state index contributed by atoms with van der Waals surface area (Å²) in [5, 5.41) is 3.56. The SMILES string of the molecule is CCN(C)CCNCCN(CC)CCN1CCN(CC)CC1. The molecule has 0 aliphatic carbocycles. The monoisotopic (exact) mass is 313 g/mol. The van der Waals surface area contributed by atoms with Crippen molar-refractivity contribution < 1.29 is 0 Å². The number of hydrogen-bond acceptors (Lipinski definition) is 5. The topological polar surface area (TPSA) is 25.0 Å². The first-order chi connectivity index (χ1) is 10.7. The molecule has 1 fully saturated rings. The molecule has 132 valence electrons. The van der Waals surface area contributed by atoms with E-state index in [0.717, 1.165) is 32.7 Å². The quantitative estimate of drug-likeness (QED) is 0.529. The largest absolute Gasteiger partial charge is 0.314 e. The fourth-order valence-electron chi connectivity index (χ4n) is 2.83. The third kappa shape index (κ3) is 8.44. The second kappa shape index (κ2) is 12.3. The standard InChI is InChI=1S/C17H39N5/c1-5-19(4)10-8-18-9-11-20(6-2)12-15-22-16-13-21(7-3)14-17-22/h18H,5-17H2,1-4H3. The molecule has 0 unspecified atom stereocenters. The predicted octanol–water partition coefficient (Wildman–Crippen LogP) is 0.487. The van der Waals surface area contributed by atoms with E-state index in [0.29, 0.717) is 0 Å². The Kier molecular flexibility index (Phi) is 11.1. The van der Waals surface area contributed by atoms with Gasteiger partial charge >= 0.3 is 0 Å². The van der Waals surface area contributed by atoms with Gasteiger partial charge in [0.1, 0.15) is 0 Å². The van der Waals surface area contributed by atoms with Crippen LogP contribution in [0.3, 0.4) is 0 Å². The molecule has 22 heavy (non-hydrogen) atoms. The Morgan fingerprint density at radius 3 is 2.05 bits per heavy atom. The predicted molar refractivity (Wildman–Crippen MR) is 96.7 cm³/mol. The first-order valence-electron chi connectivity index (χ1n) is 9.25. The van der Waals surface area contributed by atoms with Crippen LogP contribution >= 0.6 is 0 Å². The van der Waals surface area contributed by atoms with E-state index >= 15 is 0 Å². The zero-order valence-electron chi connectivity index (χ0n) is 15.5. The molecule has 0 aromatic heterocycles. The molecule has 5 nitrogen and oxygen atoms in total. The lowest BCUT2D eigenvalue weighted by molar-refractivity contribution is 0.123. The van der Waals surface area contributed by atoms with Crippen LogP contribution in [0.1, 0.15) is 20.8 Å². The van der Waals surface area contributed by atoms with Gasteiger partial charge in [-0.15, -0.1) is 0 Å². The van der Waals surface area contributed by atoms with Gasteiger partial charge in [-0.2, -0.15) is 0 Å². The summed E-state index contributed by atoms with van der Waals surface area (Å²) >= 11 is 0. The molecule has 0 saturated carbocycles. The summed E-state index contributed by atoms with van der Waals surface area (Å²) in [4.78, 5) is 10.1. The summed E-state index contributed by atoms with van der Waals surface area (Å²) in [6, 6.07) is 0. The molecular weight excluding hydrogens is 274 g/mol. The molecule has 0 amide bonds. The molecule has 0 atom stereocenters. The molecule has 5 heteroatoms. The molecule has 1 aliphatic heterocycles. The van der Waals surface area contributed by atoms with Crippen molar-refractivity contribution in [1.29, 1.82) is 0 Å². The molecule has 0 spiro atoms. The maximum absolute atomic E-state index is 3.56. The Morgan fingerprint density at radius 1 is 0.818 bits per heavy atom. The average Bonchev–Trinajstić information content (AvgIpc) is 2.57. The summed E-state index contributed by atoms with van der Waals surface area (Å²) in [6.07, 6.45) is 0. The van der Waals surface area contributed by atoms with Crippen molar-refractivity contribution in [3.63, 3.8) is 0 Å². The van der Waals surface area contributed by atoms with Gasteiger partial charge in [0.05, 0.1) is 0 Å². The maximum atomic E-state index is 3.56. The normalized spacial score (nSPS) is 17.7. The van der Waals surface area contributed by atoms with Crippen LogP contribution in [0.2, 0.25) is 0 Å². The van der Waals surface area contributed by atoms with Crippen LogP contribution in [0.5, 0.6) is 0 Å². The number of piperazine rings is 1. The van der Waals surface area contributed by atoms with Gasteiger partial charge in [0.25, 0.3) is 0 Å². The highest BCUT2D eigenvalue weighted by Crippen LogP contribution is 2.01. The van der Waals surface area contributed by atoms with E-state index in [1.807, 2.05) is 0 Å². The van der Waals surface area contributed by atoms with Crippen LogP contribution in [0.25, 0.3) is 0 Å². The highest BCUT2D eigenvalue weighted by atomic mass is 15.3. The van der Waals surface area contributed by atoms with Crippen molar-refractivity contribution in [1.82, 2.24) is 24.9 Å². The van der Waals surface area contributed by atoms with Gasteiger partial charge in [0.2, 0.25) is 0 Å². The minimum atomic E-state index is 1.10. The first-order valence-corrected chi connectivity index (χ1v) is 9.25. The molecule has 0 radical (unpaired) electrons. The molecule has 1 N–H and O–H groups in total. The summed E-state index contributed by atoms with van der Waals surface area (Å²) in [5.74, 6) is 0. The Hall–Kier alpha value is -0.200. The van der Waals surface area contributed by atoms with Crippen LogP contribution in [0.15, 0.2) is 0 Å². The lowest BCUT2D eigenvalue weighted by Crippen LogP contribution is -2.48. The van der Waals surface area contributed by atoms with Crippen LogP contribution in [-0.2, 0) is 0 Å². The van der Waals surface area contributed by atoms with Crippen molar-refractivity contribution in [3.8, 4) is 0 Å². The summed E-state index contributed by atoms with van der Waals surface area (Å²) in [5.41, 5.74) is 0. The fourth-order valence-corrected chi connectivity index (χ4v) is 2.83. The van der Waals surface area contributed by atoms with E-state index < -0.39 is 0 Å². The molecule has 1 aliphatic rings. The Bertz CT molecular complexity index is 253. The molecule has 0 aromatic rings. The maximum Gasteiger partial charge on any atom is 0.0110 e. The van der Waals surface area contributed by atoms with E-state index in [-0.39, 0.29) is 0 Å². The van der Waals surface area contributed by atoms with Crippen LogP contribution in [0.4, 0.5) is 0 Å². The van der Waals surface area contributed by atoms with Gasteiger partial charge in [0, 0.05) is 65.4 Å². The third-order valence-corrected chi connectivity index (χ3v) is 4.91. The molecule has 0 aromatic carbocycles. The van der Waals surface area contributed by atoms with Crippen molar-refractivity contribution in [2.24, 2.45) is 0 Å². The number of nitrogens with one attached hydrogen (secondary N) is 1. The molecule has 1 saturated heterocycles. The molecular formula is C17H39N5. The van der Waals surface area contributed by atoms with Gasteiger partial charge in [-0.1, -0.05) is 20.8 Å². The number of rotatable bonds is 12. The average molecular weight is 314 g/mol. The van der Waals surface area contributed by atoms with Crippen molar-refractivity contribution >= 4 is 0 Å². The number of nitrogens with zero attached hydrogens (tertiary/aromatic N) is 4. The minimum absolute atomic E-state index is 1.10. The number of likely N-dealkylation sites (N-methyl/N-ethyl adjacent to an activating group) is 3. The van der Waals surface area contributed by atoms with Gasteiger partial charge in [-0.25, -0.2) is 0 Å². The Morgan fingerprint density at radius 2 is 1.45 bits per heavy atom. The smallest absolute Gasteiger partial charge is 0.0110 e. The zero-order chi connectivity index (χ0) is 16.2. The first kappa shape index (κ1) is 19.8. The lowest BCUT2D eigenvalue weighted by Gasteiger charge is -2.35. The van der Waals surface area contributed by atoms with Crippen LogP contribution in [-0.4, -0.2) is 112 Å². The second-order valence-corrected chi connectivity index (χ2v) is 6.36. The van der Waals surface area contributed by atoms with Gasteiger partial charge in [-0.3, -0.25) is 4.90 Å². The van der Waals surface area contributed by atoms with E-state index in [1.54, 1.807) is 0 Å². The van der Waals surface area contributed by atoms with Crippen LogP contribution in [0, 0.1) is 0 Å². The van der Waals surface area contributed by atoms with Gasteiger partial charge in [0.15, 0.2) is 0 Å². The van der Waals surface area contributed by atoms with E-state index in [1.165, 1.54) is 52.4 Å².